The van der Waals surface area contributed by atoms with Gasteiger partial charge in [-0.1, -0.05) is 46.3 Å². The molecule has 0 amide bonds. The Bertz CT molecular complexity index is 777. The quantitative estimate of drug-likeness (QED) is 0.847. The third kappa shape index (κ3) is 2.66. The lowest BCUT2D eigenvalue weighted by Gasteiger charge is -2.26. The Morgan fingerprint density at radius 3 is 2.70 bits per heavy atom. The van der Waals surface area contributed by atoms with E-state index in [2.05, 4.69) is 28.1 Å². The Kier molecular flexibility index (Phi) is 3.86. The summed E-state index contributed by atoms with van der Waals surface area (Å²) in [5, 5.41) is 9.67. The molecule has 4 rings (SSSR count). The largest absolute Gasteiger partial charge is 0.392 e. The van der Waals surface area contributed by atoms with Crippen LogP contribution in [0.3, 0.4) is 0 Å². The third-order valence-electron chi connectivity index (χ3n) is 5.15. The number of aliphatic hydroxyl groups excluding tert-OH is 1. The molecule has 1 atom stereocenters. The number of fused-ring (bicyclic) bond motifs is 1. The number of benzene rings is 2. The zero-order valence-corrected chi connectivity index (χ0v) is 14.5. The van der Waals surface area contributed by atoms with Gasteiger partial charge >= 0.3 is 0 Å². The first-order valence-corrected chi connectivity index (χ1v) is 9.03. The lowest BCUT2D eigenvalue weighted by Crippen LogP contribution is -2.22. The fourth-order valence-electron chi connectivity index (χ4n) is 3.72. The van der Waals surface area contributed by atoms with E-state index >= 15 is 0 Å². The lowest BCUT2D eigenvalue weighted by molar-refractivity contribution is 0.0945. The SMILES string of the molecule is O=C1c2ccc(C3CC3)cc2CCC1c1cccc(Br)c1CO. The first kappa shape index (κ1) is 15.1. The van der Waals surface area contributed by atoms with Crippen molar-refractivity contribution in [3.8, 4) is 0 Å². The maximum absolute atomic E-state index is 13.0. The van der Waals surface area contributed by atoms with Crippen LogP contribution in [-0.2, 0) is 13.0 Å². The molecule has 0 spiro atoms. The Hall–Kier alpha value is -1.45. The van der Waals surface area contributed by atoms with Crippen molar-refractivity contribution in [2.45, 2.75) is 44.1 Å². The van der Waals surface area contributed by atoms with Gasteiger partial charge in [0.1, 0.15) is 0 Å². The van der Waals surface area contributed by atoms with Gasteiger partial charge in [-0.05, 0) is 59.9 Å². The molecule has 2 aliphatic carbocycles. The fraction of sp³-hybridized carbons (Fsp3) is 0.350. The van der Waals surface area contributed by atoms with Crippen LogP contribution in [0.5, 0.6) is 0 Å². The Labute approximate surface area is 144 Å². The highest BCUT2D eigenvalue weighted by atomic mass is 79.9. The summed E-state index contributed by atoms with van der Waals surface area (Å²) in [4.78, 5) is 13.0. The van der Waals surface area contributed by atoms with Gasteiger partial charge in [0.15, 0.2) is 5.78 Å². The molecule has 1 N–H and O–H groups in total. The molecule has 0 radical (unpaired) electrons. The van der Waals surface area contributed by atoms with E-state index in [1.807, 2.05) is 24.3 Å². The van der Waals surface area contributed by atoms with Crippen molar-refractivity contribution in [2.24, 2.45) is 0 Å². The minimum absolute atomic E-state index is 0.0476. The van der Waals surface area contributed by atoms with E-state index in [0.717, 1.165) is 39.9 Å². The number of aryl methyl sites for hydroxylation is 1. The molecular weight excluding hydrogens is 352 g/mol. The van der Waals surface area contributed by atoms with Gasteiger partial charge in [-0.3, -0.25) is 4.79 Å². The topological polar surface area (TPSA) is 37.3 Å². The van der Waals surface area contributed by atoms with E-state index in [0.29, 0.717) is 0 Å². The van der Waals surface area contributed by atoms with Crippen LogP contribution in [0.15, 0.2) is 40.9 Å². The van der Waals surface area contributed by atoms with Gasteiger partial charge in [0.25, 0.3) is 0 Å². The number of ketones is 1. The van der Waals surface area contributed by atoms with Crippen LogP contribution in [0.25, 0.3) is 0 Å². The maximum Gasteiger partial charge on any atom is 0.170 e. The van der Waals surface area contributed by atoms with Crippen molar-refractivity contribution >= 4 is 21.7 Å². The van der Waals surface area contributed by atoms with Crippen LogP contribution in [0.2, 0.25) is 0 Å². The second-order valence-corrected chi connectivity index (χ2v) is 7.47. The minimum Gasteiger partial charge on any atom is -0.392 e. The molecule has 118 valence electrons. The van der Waals surface area contributed by atoms with Gasteiger partial charge in [0.2, 0.25) is 0 Å². The number of aliphatic hydroxyl groups is 1. The van der Waals surface area contributed by atoms with E-state index < -0.39 is 0 Å². The molecule has 2 aromatic carbocycles. The number of hydrogen-bond donors (Lipinski definition) is 1. The highest BCUT2D eigenvalue weighted by molar-refractivity contribution is 9.10. The highest BCUT2D eigenvalue weighted by Crippen LogP contribution is 2.42. The highest BCUT2D eigenvalue weighted by Gasteiger charge is 2.32. The van der Waals surface area contributed by atoms with E-state index in [1.165, 1.54) is 24.0 Å². The predicted octanol–water partition coefficient (Wildman–Crippen LogP) is 4.73. The standard InChI is InChI=1S/C20H19BrO2/c21-19-3-1-2-16(18(19)11-22)17-9-7-14-10-13(12-4-5-12)6-8-15(14)20(17)23/h1-3,6,8,10,12,17,22H,4-5,7,9,11H2. The van der Waals surface area contributed by atoms with Crippen molar-refractivity contribution < 1.29 is 9.90 Å². The molecule has 1 unspecified atom stereocenters. The average molecular weight is 371 g/mol. The molecule has 0 bridgehead atoms. The van der Waals surface area contributed by atoms with E-state index in [4.69, 9.17) is 0 Å². The summed E-state index contributed by atoms with van der Waals surface area (Å²) in [6, 6.07) is 12.2. The van der Waals surface area contributed by atoms with Crippen LogP contribution in [0.4, 0.5) is 0 Å². The number of halogens is 1. The summed E-state index contributed by atoms with van der Waals surface area (Å²) in [6.07, 6.45) is 4.33. The van der Waals surface area contributed by atoms with Crippen molar-refractivity contribution in [3.05, 3.63) is 68.7 Å². The van der Waals surface area contributed by atoms with Gasteiger partial charge in [-0.25, -0.2) is 0 Å². The van der Waals surface area contributed by atoms with Crippen LogP contribution in [-0.4, -0.2) is 10.9 Å². The Morgan fingerprint density at radius 2 is 1.96 bits per heavy atom. The smallest absolute Gasteiger partial charge is 0.170 e. The molecule has 0 heterocycles. The molecule has 2 aromatic rings. The van der Waals surface area contributed by atoms with E-state index in [9.17, 15) is 9.90 Å². The second kappa shape index (κ2) is 5.88. The summed E-state index contributed by atoms with van der Waals surface area (Å²) in [5.74, 6) is 0.773. The first-order chi connectivity index (χ1) is 11.2. The molecule has 0 aromatic heterocycles. The Balaban J connectivity index is 1.71. The first-order valence-electron chi connectivity index (χ1n) is 8.24. The summed E-state index contributed by atoms with van der Waals surface area (Å²) in [6.45, 7) is -0.0476. The predicted molar refractivity (Wildman–Crippen MR) is 93.9 cm³/mol. The van der Waals surface area contributed by atoms with Gasteiger partial charge in [0, 0.05) is 16.0 Å². The molecule has 1 fully saturated rings. The zero-order chi connectivity index (χ0) is 16.0. The fourth-order valence-corrected chi connectivity index (χ4v) is 4.22. The lowest BCUT2D eigenvalue weighted by atomic mass is 9.77. The van der Waals surface area contributed by atoms with Gasteiger partial charge in [-0.15, -0.1) is 0 Å². The summed E-state index contributed by atoms with van der Waals surface area (Å²) in [5.41, 5.74) is 5.27. The molecule has 23 heavy (non-hydrogen) atoms. The van der Waals surface area contributed by atoms with Crippen LogP contribution >= 0.6 is 15.9 Å². The summed E-state index contributed by atoms with van der Waals surface area (Å²) >= 11 is 3.49. The van der Waals surface area contributed by atoms with Crippen molar-refractivity contribution in [1.82, 2.24) is 0 Å². The molecule has 3 heteroatoms. The van der Waals surface area contributed by atoms with Crippen LogP contribution in [0, 0.1) is 0 Å². The summed E-state index contributed by atoms with van der Waals surface area (Å²) in [7, 11) is 0. The molecule has 0 aliphatic heterocycles. The van der Waals surface area contributed by atoms with Gasteiger partial charge in [0.05, 0.1) is 6.61 Å². The summed E-state index contributed by atoms with van der Waals surface area (Å²) < 4.78 is 0.875. The average Bonchev–Trinajstić information content (AvgIpc) is 3.40. The number of carbonyl (C=O) groups excluding carboxylic acids is 1. The van der Waals surface area contributed by atoms with Crippen molar-refractivity contribution in [2.75, 3.05) is 0 Å². The zero-order valence-electron chi connectivity index (χ0n) is 12.9. The minimum atomic E-state index is -0.145. The van der Waals surface area contributed by atoms with Crippen LogP contribution < -0.4 is 0 Å². The maximum atomic E-state index is 13.0. The molecular formula is C20H19BrO2. The van der Waals surface area contributed by atoms with Gasteiger partial charge in [-0.2, -0.15) is 0 Å². The molecule has 2 nitrogen and oxygen atoms in total. The molecule has 1 saturated carbocycles. The van der Waals surface area contributed by atoms with E-state index in [-0.39, 0.29) is 18.3 Å². The van der Waals surface area contributed by atoms with Crippen LogP contribution in [0.1, 0.15) is 63.7 Å². The van der Waals surface area contributed by atoms with Gasteiger partial charge < -0.3 is 5.11 Å². The van der Waals surface area contributed by atoms with Crippen molar-refractivity contribution in [1.29, 1.82) is 0 Å². The number of rotatable bonds is 3. The molecule has 0 saturated heterocycles. The van der Waals surface area contributed by atoms with Crippen molar-refractivity contribution in [3.63, 3.8) is 0 Å². The number of Topliss-reactive ketones (excluding diaryl/α,β-unsaturated/α-hetero) is 1. The number of carbonyl (C=O) groups is 1. The third-order valence-corrected chi connectivity index (χ3v) is 5.89. The molecule has 2 aliphatic rings. The number of hydrogen-bond acceptors (Lipinski definition) is 2. The second-order valence-electron chi connectivity index (χ2n) is 6.61. The van der Waals surface area contributed by atoms with E-state index in [1.54, 1.807) is 0 Å². The monoisotopic (exact) mass is 370 g/mol. The Morgan fingerprint density at radius 1 is 1.13 bits per heavy atom. The normalized spacial score (nSPS) is 20.4.